The molecule has 1 aromatic rings. The van der Waals surface area contributed by atoms with Crippen LogP contribution in [0.4, 0.5) is 0 Å². The summed E-state index contributed by atoms with van der Waals surface area (Å²) < 4.78 is 5.30. The Morgan fingerprint density at radius 2 is 2.12 bits per heavy atom. The molecule has 0 saturated carbocycles. The van der Waals surface area contributed by atoms with Gasteiger partial charge >= 0.3 is 0 Å². The molecule has 0 aromatic heterocycles. The fraction of sp³-hybridized carbons (Fsp3) is 0.500. The topological polar surface area (TPSA) is 32.7 Å². The Balaban J connectivity index is 2.14. The fourth-order valence-corrected chi connectivity index (χ4v) is 2.23. The SMILES string of the molecule is OCC(c1cccc(Cl)c1)N1CCOCC1. The van der Waals surface area contributed by atoms with Crippen LogP contribution in [0.15, 0.2) is 24.3 Å². The lowest BCUT2D eigenvalue weighted by Crippen LogP contribution is -2.40. The zero-order valence-electron chi connectivity index (χ0n) is 9.10. The van der Waals surface area contributed by atoms with E-state index in [0.29, 0.717) is 5.02 Å². The van der Waals surface area contributed by atoms with E-state index in [0.717, 1.165) is 31.9 Å². The van der Waals surface area contributed by atoms with Crippen LogP contribution in [0.3, 0.4) is 0 Å². The second-order valence-corrected chi connectivity index (χ2v) is 4.34. The van der Waals surface area contributed by atoms with Crippen molar-refractivity contribution in [2.24, 2.45) is 0 Å². The van der Waals surface area contributed by atoms with Crippen molar-refractivity contribution in [3.63, 3.8) is 0 Å². The molecule has 1 N–H and O–H groups in total. The van der Waals surface area contributed by atoms with Crippen molar-refractivity contribution in [3.8, 4) is 0 Å². The largest absolute Gasteiger partial charge is 0.394 e. The van der Waals surface area contributed by atoms with Gasteiger partial charge in [-0.15, -0.1) is 0 Å². The van der Waals surface area contributed by atoms with Gasteiger partial charge in [0.05, 0.1) is 25.9 Å². The Bertz CT molecular complexity index is 340. The number of benzene rings is 1. The number of ether oxygens (including phenoxy) is 1. The Hall–Kier alpha value is -0.610. The van der Waals surface area contributed by atoms with Crippen LogP contribution in [0, 0.1) is 0 Å². The molecule has 0 bridgehead atoms. The van der Waals surface area contributed by atoms with Crippen molar-refractivity contribution in [2.45, 2.75) is 6.04 Å². The first-order chi connectivity index (χ1) is 7.81. The zero-order valence-corrected chi connectivity index (χ0v) is 9.86. The number of halogens is 1. The minimum atomic E-state index is 0.0302. The minimum Gasteiger partial charge on any atom is -0.394 e. The van der Waals surface area contributed by atoms with E-state index in [4.69, 9.17) is 16.3 Å². The lowest BCUT2D eigenvalue weighted by molar-refractivity contribution is 0.00260. The second kappa shape index (κ2) is 5.64. The van der Waals surface area contributed by atoms with E-state index in [-0.39, 0.29) is 12.6 Å². The maximum absolute atomic E-state index is 9.50. The van der Waals surface area contributed by atoms with Gasteiger partial charge in [0.1, 0.15) is 0 Å². The van der Waals surface area contributed by atoms with E-state index in [1.54, 1.807) is 0 Å². The first kappa shape index (κ1) is 11.9. The zero-order chi connectivity index (χ0) is 11.4. The molecule has 1 unspecified atom stereocenters. The number of aliphatic hydroxyl groups is 1. The third kappa shape index (κ3) is 2.74. The van der Waals surface area contributed by atoms with Crippen molar-refractivity contribution in [3.05, 3.63) is 34.9 Å². The number of nitrogens with zero attached hydrogens (tertiary/aromatic N) is 1. The van der Waals surface area contributed by atoms with Gasteiger partial charge in [0.25, 0.3) is 0 Å². The molecule has 16 heavy (non-hydrogen) atoms. The Morgan fingerprint density at radius 3 is 2.75 bits per heavy atom. The molecule has 1 atom stereocenters. The van der Waals surface area contributed by atoms with Gasteiger partial charge in [0, 0.05) is 18.1 Å². The summed E-state index contributed by atoms with van der Waals surface area (Å²) in [6.07, 6.45) is 0. The van der Waals surface area contributed by atoms with Crippen LogP contribution < -0.4 is 0 Å². The quantitative estimate of drug-likeness (QED) is 0.875. The summed E-state index contributed by atoms with van der Waals surface area (Å²) in [4.78, 5) is 2.23. The van der Waals surface area contributed by atoms with E-state index in [1.807, 2.05) is 24.3 Å². The Morgan fingerprint density at radius 1 is 1.38 bits per heavy atom. The maximum Gasteiger partial charge on any atom is 0.0628 e. The number of aliphatic hydroxyl groups excluding tert-OH is 1. The summed E-state index contributed by atoms with van der Waals surface area (Å²) in [5, 5.41) is 10.2. The van der Waals surface area contributed by atoms with E-state index in [2.05, 4.69) is 4.90 Å². The van der Waals surface area contributed by atoms with Crippen molar-refractivity contribution in [1.29, 1.82) is 0 Å². The standard InChI is InChI=1S/C12H16ClNO2/c13-11-3-1-2-10(8-11)12(9-15)14-4-6-16-7-5-14/h1-3,8,12,15H,4-7,9H2. The third-order valence-electron chi connectivity index (χ3n) is 2.89. The molecule has 1 aliphatic rings. The predicted octanol–water partition coefficient (Wildman–Crippen LogP) is 1.71. The first-order valence-electron chi connectivity index (χ1n) is 5.49. The van der Waals surface area contributed by atoms with Crippen LogP contribution in [0.2, 0.25) is 5.02 Å². The highest BCUT2D eigenvalue weighted by Gasteiger charge is 2.21. The Kier molecular flexibility index (Phi) is 4.18. The summed E-state index contributed by atoms with van der Waals surface area (Å²) in [6, 6.07) is 7.71. The molecule has 0 spiro atoms. The van der Waals surface area contributed by atoms with Crippen LogP contribution in [-0.4, -0.2) is 42.9 Å². The van der Waals surface area contributed by atoms with Crippen LogP contribution in [-0.2, 0) is 4.74 Å². The van der Waals surface area contributed by atoms with Gasteiger partial charge in [-0.3, -0.25) is 4.90 Å². The Labute approximate surface area is 101 Å². The van der Waals surface area contributed by atoms with Gasteiger partial charge in [0.15, 0.2) is 0 Å². The summed E-state index contributed by atoms with van der Waals surface area (Å²) in [6.45, 7) is 3.30. The van der Waals surface area contributed by atoms with Crippen molar-refractivity contribution >= 4 is 11.6 Å². The second-order valence-electron chi connectivity index (χ2n) is 3.90. The third-order valence-corrected chi connectivity index (χ3v) is 3.13. The van der Waals surface area contributed by atoms with Gasteiger partial charge < -0.3 is 9.84 Å². The molecule has 3 nitrogen and oxygen atoms in total. The average molecular weight is 242 g/mol. The van der Waals surface area contributed by atoms with Crippen molar-refractivity contribution < 1.29 is 9.84 Å². The van der Waals surface area contributed by atoms with E-state index in [9.17, 15) is 5.11 Å². The molecule has 0 aliphatic carbocycles. The van der Waals surface area contributed by atoms with Gasteiger partial charge in [-0.1, -0.05) is 23.7 Å². The van der Waals surface area contributed by atoms with E-state index in [1.165, 1.54) is 0 Å². The van der Waals surface area contributed by atoms with Crippen LogP contribution in [0.25, 0.3) is 0 Å². The predicted molar refractivity (Wildman–Crippen MR) is 63.7 cm³/mol. The van der Waals surface area contributed by atoms with Gasteiger partial charge in [-0.25, -0.2) is 0 Å². The maximum atomic E-state index is 9.50. The molecule has 1 fully saturated rings. The van der Waals surface area contributed by atoms with Crippen LogP contribution >= 0.6 is 11.6 Å². The smallest absolute Gasteiger partial charge is 0.0628 e. The molecular weight excluding hydrogens is 226 g/mol. The summed E-state index contributed by atoms with van der Waals surface area (Å²) in [7, 11) is 0. The molecule has 4 heteroatoms. The minimum absolute atomic E-state index is 0.0302. The number of hydrogen-bond donors (Lipinski definition) is 1. The van der Waals surface area contributed by atoms with Gasteiger partial charge in [-0.2, -0.15) is 0 Å². The first-order valence-corrected chi connectivity index (χ1v) is 5.87. The van der Waals surface area contributed by atoms with Crippen LogP contribution in [0.1, 0.15) is 11.6 Å². The van der Waals surface area contributed by atoms with E-state index < -0.39 is 0 Å². The average Bonchev–Trinajstić information content (AvgIpc) is 2.31. The lowest BCUT2D eigenvalue weighted by Gasteiger charge is -2.33. The molecule has 1 saturated heterocycles. The number of morpholine rings is 1. The molecule has 1 aromatic carbocycles. The number of rotatable bonds is 3. The lowest BCUT2D eigenvalue weighted by atomic mass is 10.1. The van der Waals surface area contributed by atoms with Crippen molar-refractivity contribution in [2.75, 3.05) is 32.9 Å². The number of hydrogen-bond acceptors (Lipinski definition) is 3. The summed E-state index contributed by atoms with van der Waals surface area (Å²) in [5.74, 6) is 0. The summed E-state index contributed by atoms with van der Waals surface area (Å²) in [5.41, 5.74) is 1.07. The summed E-state index contributed by atoms with van der Waals surface area (Å²) >= 11 is 5.96. The van der Waals surface area contributed by atoms with Gasteiger partial charge in [-0.05, 0) is 17.7 Å². The molecule has 0 amide bonds. The van der Waals surface area contributed by atoms with Crippen LogP contribution in [0.5, 0.6) is 0 Å². The highest BCUT2D eigenvalue weighted by atomic mass is 35.5. The van der Waals surface area contributed by atoms with E-state index >= 15 is 0 Å². The highest BCUT2D eigenvalue weighted by Crippen LogP contribution is 2.23. The molecule has 0 radical (unpaired) electrons. The molecular formula is C12H16ClNO2. The molecule has 2 rings (SSSR count). The monoisotopic (exact) mass is 241 g/mol. The van der Waals surface area contributed by atoms with Crippen molar-refractivity contribution in [1.82, 2.24) is 4.90 Å². The molecule has 1 heterocycles. The fourth-order valence-electron chi connectivity index (χ4n) is 2.03. The highest BCUT2D eigenvalue weighted by molar-refractivity contribution is 6.30. The molecule has 88 valence electrons. The van der Waals surface area contributed by atoms with Gasteiger partial charge in [0.2, 0.25) is 0 Å². The normalized spacial score (nSPS) is 19.6. The molecule has 1 aliphatic heterocycles.